The largest absolute Gasteiger partial charge is 0.341 e. The van der Waals surface area contributed by atoms with Gasteiger partial charge in [0.15, 0.2) is 0 Å². The van der Waals surface area contributed by atoms with Crippen LogP contribution in [0.2, 0.25) is 0 Å². The molecule has 128 valence electrons. The van der Waals surface area contributed by atoms with Gasteiger partial charge in [0, 0.05) is 41.6 Å². The molecule has 3 rings (SSSR count). The number of hydrogen-bond acceptors (Lipinski definition) is 5. The van der Waals surface area contributed by atoms with Gasteiger partial charge in [0.2, 0.25) is 17.9 Å². The standard InChI is InChI=1S/C16H19N3O4S/c20-15(18-5-7-24-8-6-18)9-11-1-3-12(4-2-11)17-16(21)13-10-14(13)19(22)23/h1-4,13-14H,5-10H2,(H,17,21)/t13-,14+/m1/s1. The molecule has 1 saturated heterocycles. The van der Waals surface area contributed by atoms with Crippen LogP contribution in [0.3, 0.4) is 0 Å². The molecule has 1 aromatic carbocycles. The number of hydrogen-bond donors (Lipinski definition) is 1. The molecule has 0 bridgehead atoms. The summed E-state index contributed by atoms with van der Waals surface area (Å²) in [6.07, 6.45) is 0.657. The molecule has 1 aliphatic heterocycles. The first-order valence-electron chi connectivity index (χ1n) is 7.93. The van der Waals surface area contributed by atoms with Crippen molar-refractivity contribution in [2.45, 2.75) is 18.9 Å². The minimum absolute atomic E-state index is 0.124. The highest BCUT2D eigenvalue weighted by molar-refractivity contribution is 7.99. The zero-order chi connectivity index (χ0) is 17.1. The quantitative estimate of drug-likeness (QED) is 0.641. The number of amides is 2. The van der Waals surface area contributed by atoms with Gasteiger partial charge in [-0.25, -0.2) is 0 Å². The number of nitro groups is 1. The Morgan fingerprint density at radius 1 is 1.25 bits per heavy atom. The monoisotopic (exact) mass is 349 g/mol. The van der Waals surface area contributed by atoms with Crippen LogP contribution in [0.25, 0.3) is 0 Å². The van der Waals surface area contributed by atoms with Gasteiger partial charge in [0.25, 0.3) is 0 Å². The summed E-state index contributed by atoms with van der Waals surface area (Å²) in [5.74, 6) is 1.26. The normalized spacial score (nSPS) is 22.8. The minimum Gasteiger partial charge on any atom is -0.341 e. The molecule has 1 heterocycles. The van der Waals surface area contributed by atoms with Crippen molar-refractivity contribution >= 4 is 29.3 Å². The van der Waals surface area contributed by atoms with Gasteiger partial charge >= 0.3 is 0 Å². The van der Waals surface area contributed by atoms with Crippen molar-refractivity contribution in [2.75, 3.05) is 29.9 Å². The maximum atomic E-state index is 12.2. The van der Waals surface area contributed by atoms with Crippen molar-refractivity contribution in [3.05, 3.63) is 39.9 Å². The van der Waals surface area contributed by atoms with Crippen molar-refractivity contribution in [1.82, 2.24) is 4.90 Å². The van der Waals surface area contributed by atoms with Crippen LogP contribution in [0.4, 0.5) is 5.69 Å². The van der Waals surface area contributed by atoms with Crippen molar-refractivity contribution in [1.29, 1.82) is 0 Å². The maximum absolute atomic E-state index is 12.2. The molecule has 8 heteroatoms. The second-order valence-corrected chi connectivity index (χ2v) is 7.28. The molecule has 7 nitrogen and oxygen atoms in total. The maximum Gasteiger partial charge on any atom is 0.234 e. The first kappa shape index (κ1) is 16.8. The van der Waals surface area contributed by atoms with E-state index in [0.717, 1.165) is 30.2 Å². The highest BCUT2D eigenvalue weighted by atomic mass is 32.2. The summed E-state index contributed by atoms with van der Waals surface area (Å²) in [5.41, 5.74) is 1.49. The Morgan fingerprint density at radius 2 is 1.92 bits per heavy atom. The summed E-state index contributed by atoms with van der Waals surface area (Å²) in [5, 5.41) is 13.3. The molecule has 24 heavy (non-hydrogen) atoms. The molecule has 0 unspecified atom stereocenters. The van der Waals surface area contributed by atoms with E-state index in [1.807, 2.05) is 28.8 Å². The van der Waals surface area contributed by atoms with Gasteiger partial charge in [-0.2, -0.15) is 11.8 Å². The number of carbonyl (C=O) groups is 2. The Bertz CT molecular complexity index is 643. The third kappa shape index (κ3) is 4.05. The van der Waals surface area contributed by atoms with Gasteiger partial charge in [-0.15, -0.1) is 0 Å². The summed E-state index contributed by atoms with van der Waals surface area (Å²) < 4.78 is 0. The molecule has 0 spiro atoms. The summed E-state index contributed by atoms with van der Waals surface area (Å²) in [4.78, 5) is 36.2. The lowest BCUT2D eigenvalue weighted by Gasteiger charge is -2.26. The Balaban J connectivity index is 1.51. The van der Waals surface area contributed by atoms with Crippen molar-refractivity contribution in [2.24, 2.45) is 5.92 Å². The number of nitrogens with zero attached hydrogens (tertiary/aromatic N) is 2. The molecule has 2 atom stereocenters. The average molecular weight is 349 g/mol. The van der Waals surface area contributed by atoms with Crippen molar-refractivity contribution < 1.29 is 14.5 Å². The lowest BCUT2D eigenvalue weighted by Crippen LogP contribution is -2.38. The second kappa shape index (κ2) is 7.21. The van der Waals surface area contributed by atoms with Gasteiger partial charge in [-0.3, -0.25) is 19.7 Å². The van der Waals surface area contributed by atoms with E-state index >= 15 is 0 Å². The molecule has 2 amide bonds. The summed E-state index contributed by atoms with van der Waals surface area (Å²) in [6.45, 7) is 1.60. The summed E-state index contributed by atoms with van der Waals surface area (Å²) >= 11 is 1.86. The number of thioether (sulfide) groups is 1. The summed E-state index contributed by atoms with van der Waals surface area (Å²) in [7, 11) is 0. The van der Waals surface area contributed by atoms with Crippen LogP contribution in [-0.4, -0.2) is 52.3 Å². The molecule has 1 N–H and O–H groups in total. The number of benzene rings is 1. The third-order valence-electron chi connectivity index (χ3n) is 4.30. The lowest BCUT2D eigenvalue weighted by molar-refractivity contribution is -0.497. The lowest BCUT2D eigenvalue weighted by atomic mass is 10.1. The fourth-order valence-electron chi connectivity index (χ4n) is 2.74. The van der Waals surface area contributed by atoms with Crippen LogP contribution >= 0.6 is 11.8 Å². The first-order chi connectivity index (χ1) is 11.5. The van der Waals surface area contributed by atoms with E-state index in [2.05, 4.69) is 5.32 Å². The zero-order valence-corrected chi connectivity index (χ0v) is 14.0. The second-order valence-electron chi connectivity index (χ2n) is 6.05. The minimum atomic E-state index is -0.746. The van der Waals surface area contributed by atoms with Gasteiger partial charge in [-0.1, -0.05) is 12.1 Å². The van der Waals surface area contributed by atoms with Crippen LogP contribution < -0.4 is 5.32 Å². The SMILES string of the molecule is O=C(Nc1ccc(CC(=O)N2CCSCC2)cc1)[C@@H]1C[C@@H]1[N+](=O)[O-]. The van der Waals surface area contributed by atoms with E-state index in [9.17, 15) is 19.7 Å². The van der Waals surface area contributed by atoms with E-state index in [-0.39, 0.29) is 11.8 Å². The molecule has 0 aromatic heterocycles. The molecule has 2 aliphatic rings. The molecule has 1 aliphatic carbocycles. The van der Waals surface area contributed by atoms with Crippen LogP contribution in [0.1, 0.15) is 12.0 Å². The van der Waals surface area contributed by atoms with Crippen molar-refractivity contribution in [3.8, 4) is 0 Å². The predicted molar refractivity (Wildman–Crippen MR) is 91.6 cm³/mol. The van der Waals surface area contributed by atoms with Gasteiger partial charge < -0.3 is 10.2 Å². The Kier molecular flexibility index (Phi) is 5.03. The number of anilines is 1. The van der Waals surface area contributed by atoms with Crippen LogP contribution in [-0.2, 0) is 16.0 Å². The Morgan fingerprint density at radius 3 is 2.50 bits per heavy atom. The topological polar surface area (TPSA) is 92.6 Å². The molecular weight excluding hydrogens is 330 g/mol. The van der Waals surface area contributed by atoms with E-state index in [1.54, 1.807) is 12.1 Å². The highest BCUT2D eigenvalue weighted by Crippen LogP contribution is 2.34. The number of nitrogens with one attached hydrogen (secondary N) is 1. The Labute approximate surface area is 143 Å². The van der Waals surface area contributed by atoms with Gasteiger partial charge in [0.05, 0.1) is 6.42 Å². The third-order valence-corrected chi connectivity index (χ3v) is 5.25. The summed E-state index contributed by atoms with van der Waals surface area (Å²) in [6, 6.07) is 6.34. The van der Waals surface area contributed by atoms with Crippen LogP contribution in [0, 0.1) is 16.0 Å². The first-order valence-corrected chi connectivity index (χ1v) is 9.09. The fraction of sp³-hybridized carbons (Fsp3) is 0.500. The van der Waals surface area contributed by atoms with E-state index in [1.165, 1.54) is 0 Å². The van der Waals surface area contributed by atoms with Crippen LogP contribution in [0.5, 0.6) is 0 Å². The van der Waals surface area contributed by atoms with Crippen LogP contribution in [0.15, 0.2) is 24.3 Å². The Hall–Kier alpha value is -2.09. The fourth-order valence-corrected chi connectivity index (χ4v) is 3.64. The molecule has 0 radical (unpaired) electrons. The highest BCUT2D eigenvalue weighted by Gasteiger charge is 2.53. The molecule has 1 saturated carbocycles. The molecule has 1 aromatic rings. The smallest absolute Gasteiger partial charge is 0.234 e. The molecule has 2 fully saturated rings. The molecular formula is C16H19N3O4S. The number of carbonyl (C=O) groups excluding carboxylic acids is 2. The van der Waals surface area contributed by atoms with E-state index in [0.29, 0.717) is 18.5 Å². The van der Waals surface area contributed by atoms with Gasteiger partial charge in [0.1, 0.15) is 5.92 Å². The van der Waals surface area contributed by atoms with E-state index in [4.69, 9.17) is 0 Å². The van der Waals surface area contributed by atoms with Crippen molar-refractivity contribution in [3.63, 3.8) is 0 Å². The van der Waals surface area contributed by atoms with E-state index < -0.39 is 16.9 Å². The zero-order valence-electron chi connectivity index (χ0n) is 13.1. The van der Waals surface area contributed by atoms with Gasteiger partial charge in [-0.05, 0) is 17.7 Å². The number of rotatable bonds is 5. The average Bonchev–Trinajstić information content (AvgIpc) is 3.38. The predicted octanol–water partition coefficient (Wildman–Crippen LogP) is 1.41.